The van der Waals surface area contributed by atoms with E-state index in [0.29, 0.717) is 31.1 Å². The number of carbonyl (C=O) groups excluding carboxylic acids is 2. The normalized spacial score (nSPS) is 17.2. The van der Waals surface area contributed by atoms with Gasteiger partial charge in [0.1, 0.15) is 18.8 Å². The zero-order chi connectivity index (χ0) is 16.7. The van der Waals surface area contributed by atoms with Crippen molar-refractivity contribution in [3.05, 3.63) is 24.3 Å². The number of nitrogens with two attached hydrogens (primary N) is 1. The molecule has 0 unspecified atom stereocenters. The van der Waals surface area contributed by atoms with Gasteiger partial charge < -0.3 is 25.8 Å². The Morgan fingerprint density at radius 1 is 1.39 bits per heavy atom. The van der Waals surface area contributed by atoms with Gasteiger partial charge in [0.05, 0.1) is 6.54 Å². The van der Waals surface area contributed by atoms with Crippen LogP contribution in [0.25, 0.3) is 0 Å². The van der Waals surface area contributed by atoms with Crippen molar-refractivity contribution in [3.8, 4) is 11.5 Å². The number of nitrogens with one attached hydrogen (secondary N) is 2. The summed E-state index contributed by atoms with van der Waals surface area (Å²) in [6, 6.07) is 6.03. The van der Waals surface area contributed by atoms with Gasteiger partial charge in [-0.1, -0.05) is 12.1 Å². The van der Waals surface area contributed by atoms with E-state index in [1.54, 1.807) is 11.8 Å². The summed E-state index contributed by atoms with van der Waals surface area (Å²) in [6.07, 6.45) is 2.17. The number of carbonyl (C=O) groups is 2. The first-order chi connectivity index (χ1) is 11.1. The van der Waals surface area contributed by atoms with Gasteiger partial charge >= 0.3 is 6.03 Å². The first-order valence-electron chi connectivity index (χ1n) is 7.31. The van der Waals surface area contributed by atoms with Gasteiger partial charge in [0, 0.05) is 0 Å². The van der Waals surface area contributed by atoms with Crippen LogP contribution in [0.3, 0.4) is 0 Å². The highest BCUT2D eigenvalue weighted by Gasteiger charge is 2.24. The van der Waals surface area contributed by atoms with E-state index in [2.05, 4.69) is 10.6 Å². The van der Waals surface area contributed by atoms with Gasteiger partial charge in [-0.2, -0.15) is 11.8 Å². The monoisotopic (exact) mass is 339 g/mol. The van der Waals surface area contributed by atoms with E-state index in [4.69, 9.17) is 15.2 Å². The van der Waals surface area contributed by atoms with Crippen LogP contribution in [-0.2, 0) is 4.79 Å². The van der Waals surface area contributed by atoms with Gasteiger partial charge in [0.25, 0.3) is 0 Å². The minimum Gasteiger partial charge on any atom is -0.486 e. The molecule has 0 bridgehead atoms. The second-order valence-corrected chi connectivity index (χ2v) is 6.07. The third-order valence-corrected chi connectivity index (χ3v) is 3.96. The quantitative estimate of drug-likeness (QED) is 0.680. The van der Waals surface area contributed by atoms with Gasteiger partial charge in [-0.3, -0.25) is 4.79 Å². The van der Waals surface area contributed by atoms with Crippen LogP contribution in [0.1, 0.15) is 6.42 Å². The standard InChI is InChI=1S/C15H21N3O4S/c1-23-7-6-11(18-15(16)20)14(19)17-8-10-9-21-12-4-2-3-5-13(12)22-10/h2-5,10-11H,6-9H2,1H3,(H,17,19)(H3,16,18,20)/t10-,11+/m0/s1. The minimum atomic E-state index is -0.711. The Balaban J connectivity index is 1.84. The predicted octanol–water partition coefficient (Wildman–Crippen LogP) is 0.733. The fourth-order valence-electron chi connectivity index (χ4n) is 2.18. The molecule has 23 heavy (non-hydrogen) atoms. The van der Waals surface area contributed by atoms with Crippen LogP contribution in [0.2, 0.25) is 0 Å². The summed E-state index contributed by atoms with van der Waals surface area (Å²) in [5.41, 5.74) is 5.11. The smallest absolute Gasteiger partial charge is 0.312 e. The summed E-state index contributed by atoms with van der Waals surface area (Å²) in [4.78, 5) is 23.2. The Morgan fingerprint density at radius 3 is 2.83 bits per heavy atom. The molecular weight excluding hydrogens is 318 g/mol. The molecule has 7 nitrogen and oxygen atoms in total. The lowest BCUT2D eigenvalue weighted by Gasteiger charge is -2.27. The average molecular weight is 339 g/mol. The Kier molecular flexibility index (Phi) is 6.40. The van der Waals surface area contributed by atoms with Crippen molar-refractivity contribution in [3.63, 3.8) is 0 Å². The van der Waals surface area contributed by atoms with Crippen LogP contribution in [0.15, 0.2) is 24.3 Å². The summed E-state index contributed by atoms with van der Waals surface area (Å²) in [5.74, 6) is 1.82. The molecule has 126 valence electrons. The van der Waals surface area contributed by atoms with Gasteiger partial charge in [0.2, 0.25) is 5.91 Å². The summed E-state index contributed by atoms with van der Waals surface area (Å²) >= 11 is 1.60. The van der Waals surface area contributed by atoms with Gasteiger partial charge in [0.15, 0.2) is 11.5 Å². The van der Waals surface area contributed by atoms with Crippen molar-refractivity contribution in [2.45, 2.75) is 18.6 Å². The number of rotatable bonds is 7. The Bertz CT molecular complexity index is 555. The van der Waals surface area contributed by atoms with E-state index in [9.17, 15) is 9.59 Å². The fourth-order valence-corrected chi connectivity index (χ4v) is 2.65. The molecular formula is C15H21N3O4S. The SMILES string of the molecule is CSCC[C@@H](NC(N)=O)C(=O)NC[C@H]1COc2ccccc2O1. The number of urea groups is 1. The number of benzene rings is 1. The molecule has 4 N–H and O–H groups in total. The molecule has 2 atom stereocenters. The molecule has 1 aromatic carbocycles. The molecule has 0 aromatic heterocycles. The number of primary amides is 1. The second-order valence-electron chi connectivity index (χ2n) is 5.09. The van der Waals surface area contributed by atoms with Crippen molar-refractivity contribution in [2.24, 2.45) is 5.73 Å². The highest BCUT2D eigenvalue weighted by molar-refractivity contribution is 7.98. The topological polar surface area (TPSA) is 103 Å². The first-order valence-corrected chi connectivity index (χ1v) is 8.70. The van der Waals surface area contributed by atoms with Crippen LogP contribution < -0.4 is 25.8 Å². The van der Waals surface area contributed by atoms with Crippen LogP contribution in [0.5, 0.6) is 11.5 Å². The lowest BCUT2D eigenvalue weighted by molar-refractivity contribution is -0.123. The average Bonchev–Trinajstić information content (AvgIpc) is 2.56. The van der Waals surface area contributed by atoms with Gasteiger partial charge in [-0.05, 0) is 30.6 Å². The molecule has 3 amide bonds. The van der Waals surface area contributed by atoms with Gasteiger partial charge in [-0.15, -0.1) is 0 Å². The maximum absolute atomic E-state index is 12.2. The van der Waals surface area contributed by atoms with Crippen molar-refractivity contribution >= 4 is 23.7 Å². The molecule has 1 heterocycles. The second kappa shape index (κ2) is 8.52. The summed E-state index contributed by atoms with van der Waals surface area (Å²) in [6.45, 7) is 0.652. The molecule has 0 fully saturated rings. The van der Waals surface area contributed by atoms with Crippen molar-refractivity contribution in [1.29, 1.82) is 0 Å². The van der Waals surface area contributed by atoms with Crippen LogP contribution in [-0.4, -0.2) is 49.2 Å². The van der Waals surface area contributed by atoms with E-state index in [1.807, 2.05) is 30.5 Å². The van der Waals surface area contributed by atoms with Crippen LogP contribution >= 0.6 is 11.8 Å². The summed E-state index contributed by atoms with van der Waals surface area (Å²) < 4.78 is 11.4. The maximum atomic E-state index is 12.2. The third kappa shape index (κ3) is 5.24. The lowest BCUT2D eigenvalue weighted by atomic mass is 10.2. The van der Waals surface area contributed by atoms with E-state index in [0.717, 1.165) is 5.75 Å². The molecule has 1 aromatic rings. The molecule has 0 spiro atoms. The first kappa shape index (κ1) is 17.3. The molecule has 1 aliphatic rings. The number of para-hydroxylation sites is 2. The van der Waals surface area contributed by atoms with Gasteiger partial charge in [-0.25, -0.2) is 4.79 Å². The predicted molar refractivity (Wildman–Crippen MR) is 88.9 cm³/mol. The Morgan fingerprint density at radius 2 is 2.13 bits per heavy atom. The molecule has 1 aliphatic heterocycles. The number of thioether (sulfide) groups is 1. The van der Waals surface area contributed by atoms with Crippen molar-refractivity contribution < 1.29 is 19.1 Å². The highest BCUT2D eigenvalue weighted by Crippen LogP contribution is 2.30. The molecule has 8 heteroatoms. The van der Waals surface area contributed by atoms with E-state index in [1.165, 1.54) is 0 Å². The number of fused-ring (bicyclic) bond motifs is 1. The van der Waals surface area contributed by atoms with Crippen molar-refractivity contribution in [1.82, 2.24) is 10.6 Å². The third-order valence-electron chi connectivity index (χ3n) is 3.32. The number of ether oxygens (including phenoxy) is 2. The molecule has 0 saturated heterocycles. The molecule has 2 rings (SSSR count). The molecule has 0 saturated carbocycles. The minimum absolute atomic E-state index is 0.274. The van der Waals surface area contributed by atoms with Crippen LogP contribution in [0, 0.1) is 0 Å². The largest absolute Gasteiger partial charge is 0.486 e. The van der Waals surface area contributed by atoms with Crippen LogP contribution in [0.4, 0.5) is 4.79 Å². The number of hydrogen-bond donors (Lipinski definition) is 3. The zero-order valence-electron chi connectivity index (χ0n) is 12.9. The highest BCUT2D eigenvalue weighted by atomic mass is 32.2. The van der Waals surface area contributed by atoms with E-state index < -0.39 is 12.1 Å². The maximum Gasteiger partial charge on any atom is 0.312 e. The lowest BCUT2D eigenvalue weighted by Crippen LogP contribution is -2.51. The Labute approximate surface area is 139 Å². The fraction of sp³-hybridized carbons (Fsp3) is 0.467. The Hall–Kier alpha value is -2.09. The van der Waals surface area contributed by atoms with E-state index in [-0.39, 0.29) is 12.0 Å². The zero-order valence-corrected chi connectivity index (χ0v) is 13.7. The molecule has 0 radical (unpaired) electrons. The molecule has 0 aliphatic carbocycles. The number of hydrogen-bond acceptors (Lipinski definition) is 5. The summed E-state index contributed by atoms with van der Waals surface area (Å²) in [5, 5.41) is 5.23. The van der Waals surface area contributed by atoms with E-state index >= 15 is 0 Å². The summed E-state index contributed by atoms with van der Waals surface area (Å²) in [7, 11) is 0. The number of amides is 3. The van der Waals surface area contributed by atoms with Crippen molar-refractivity contribution in [2.75, 3.05) is 25.2 Å².